The molecule has 2 aromatic carbocycles. The van der Waals surface area contributed by atoms with Crippen LogP contribution in [0.25, 0.3) is 10.9 Å². The van der Waals surface area contributed by atoms with Gasteiger partial charge in [-0.2, -0.15) is 0 Å². The van der Waals surface area contributed by atoms with E-state index >= 15 is 0 Å². The Morgan fingerprint density at radius 1 is 1.06 bits per heavy atom. The van der Waals surface area contributed by atoms with Crippen molar-refractivity contribution in [3.63, 3.8) is 0 Å². The monoisotopic (exact) mass is 472 g/mol. The zero-order valence-corrected chi connectivity index (χ0v) is 20.8. The summed E-state index contributed by atoms with van der Waals surface area (Å²) in [5, 5.41) is 4.63. The third-order valence-electron chi connectivity index (χ3n) is 8.87. The molecule has 4 aliphatic rings. The van der Waals surface area contributed by atoms with Crippen molar-refractivity contribution in [2.45, 2.75) is 51.4 Å². The molecule has 1 atom stereocenters. The van der Waals surface area contributed by atoms with Crippen LogP contribution >= 0.6 is 0 Å². The van der Waals surface area contributed by atoms with E-state index in [1.807, 2.05) is 19.1 Å². The molecule has 35 heavy (non-hydrogen) atoms. The van der Waals surface area contributed by atoms with Gasteiger partial charge in [-0.05, 0) is 92.5 Å². The molecule has 184 valence electrons. The Morgan fingerprint density at radius 3 is 2.46 bits per heavy atom. The van der Waals surface area contributed by atoms with Crippen molar-refractivity contribution in [2.24, 2.45) is 23.2 Å². The summed E-state index contributed by atoms with van der Waals surface area (Å²) in [7, 11) is 1.68. The van der Waals surface area contributed by atoms with Crippen LogP contribution in [-0.2, 0) is 4.79 Å². The number of benzene rings is 2. The van der Waals surface area contributed by atoms with Gasteiger partial charge in [-0.25, -0.2) is 0 Å². The van der Waals surface area contributed by atoms with Gasteiger partial charge in [-0.1, -0.05) is 24.3 Å². The minimum Gasteiger partial charge on any atom is -0.493 e. The molecule has 5 nitrogen and oxygen atoms in total. The molecule has 5 heteroatoms. The van der Waals surface area contributed by atoms with Gasteiger partial charge in [0.15, 0.2) is 11.5 Å². The normalized spacial score (nSPS) is 27.7. The third-order valence-corrected chi connectivity index (χ3v) is 8.87. The third kappa shape index (κ3) is 3.99. The Morgan fingerprint density at radius 2 is 1.77 bits per heavy atom. The highest BCUT2D eigenvalue weighted by Gasteiger charge is 2.54. The first-order valence-corrected chi connectivity index (χ1v) is 13.2. The van der Waals surface area contributed by atoms with Crippen molar-refractivity contribution in [3.8, 4) is 11.5 Å². The molecule has 2 N–H and O–H groups in total. The van der Waals surface area contributed by atoms with Gasteiger partial charge in [-0.3, -0.25) is 4.79 Å². The number of hydrogen-bond donors (Lipinski definition) is 2. The molecular weight excluding hydrogens is 436 g/mol. The number of carbonyl (C=O) groups excluding carboxylic acids is 1. The van der Waals surface area contributed by atoms with Crippen molar-refractivity contribution in [3.05, 3.63) is 59.8 Å². The van der Waals surface area contributed by atoms with Gasteiger partial charge < -0.3 is 19.8 Å². The van der Waals surface area contributed by atoms with Crippen LogP contribution in [0.5, 0.6) is 11.5 Å². The Hall–Kier alpha value is -2.95. The average molecular weight is 473 g/mol. The fourth-order valence-corrected chi connectivity index (χ4v) is 7.74. The minimum absolute atomic E-state index is 0.00795. The van der Waals surface area contributed by atoms with Crippen LogP contribution in [0.2, 0.25) is 0 Å². The van der Waals surface area contributed by atoms with Crippen LogP contribution < -0.4 is 14.8 Å². The molecule has 1 heterocycles. The molecule has 4 aliphatic carbocycles. The van der Waals surface area contributed by atoms with E-state index in [9.17, 15) is 4.79 Å². The van der Waals surface area contributed by atoms with E-state index in [0.717, 1.165) is 59.6 Å². The van der Waals surface area contributed by atoms with E-state index < -0.39 is 0 Å². The summed E-state index contributed by atoms with van der Waals surface area (Å²) >= 11 is 0. The molecule has 3 aromatic rings. The van der Waals surface area contributed by atoms with Crippen molar-refractivity contribution in [1.82, 2.24) is 10.3 Å². The largest absolute Gasteiger partial charge is 0.493 e. The van der Waals surface area contributed by atoms with Crippen LogP contribution in [-0.4, -0.2) is 31.2 Å². The molecule has 7 rings (SSSR count). The van der Waals surface area contributed by atoms with Gasteiger partial charge in [0, 0.05) is 35.0 Å². The molecule has 1 amide bonds. The lowest BCUT2D eigenvalue weighted by molar-refractivity contribution is -0.146. The standard InChI is InChI=1S/C30H36N2O3/c1-3-35-27-9-8-22(13-28(27)34-2)24(25-18-31-26-7-5-4-6-23(25)26)17-32-29(33)30-14-19-10-20(15-30)12-21(11-19)16-30/h4-9,13,18-21,24,31H,3,10-12,14-17H2,1-2H3,(H,32,33). The lowest BCUT2D eigenvalue weighted by Gasteiger charge is -2.55. The van der Waals surface area contributed by atoms with Crippen molar-refractivity contribution < 1.29 is 14.3 Å². The molecule has 4 fully saturated rings. The quantitative estimate of drug-likeness (QED) is 0.420. The number of aromatic nitrogens is 1. The number of H-pyrrole nitrogens is 1. The minimum atomic E-state index is -0.143. The maximum absolute atomic E-state index is 13.8. The highest BCUT2D eigenvalue weighted by atomic mass is 16.5. The molecule has 4 bridgehead atoms. The molecule has 0 aliphatic heterocycles. The lowest BCUT2D eigenvalue weighted by atomic mass is 9.49. The van der Waals surface area contributed by atoms with Crippen LogP contribution in [0.1, 0.15) is 62.5 Å². The van der Waals surface area contributed by atoms with Gasteiger partial charge >= 0.3 is 0 Å². The SMILES string of the molecule is CCOc1ccc(C(CNC(=O)C23CC4CC(CC(C4)C2)C3)c2c[nH]c3ccccc23)cc1OC. The van der Waals surface area contributed by atoms with Crippen LogP contribution in [0.4, 0.5) is 0 Å². The number of hydrogen-bond acceptors (Lipinski definition) is 3. The van der Waals surface area contributed by atoms with Gasteiger partial charge in [0.2, 0.25) is 5.91 Å². The van der Waals surface area contributed by atoms with Crippen molar-refractivity contribution >= 4 is 16.8 Å². The maximum atomic E-state index is 13.8. The summed E-state index contributed by atoms with van der Waals surface area (Å²) in [6, 6.07) is 14.5. The van der Waals surface area contributed by atoms with E-state index in [0.29, 0.717) is 13.2 Å². The summed E-state index contributed by atoms with van der Waals surface area (Å²) in [6.45, 7) is 3.13. The van der Waals surface area contributed by atoms with E-state index in [1.165, 1.54) is 30.2 Å². The Kier molecular flexibility index (Phi) is 5.74. The molecule has 1 unspecified atom stereocenters. The lowest BCUT2D eigenvalue weighted by Crippen LogP contribution is -2.54. The molecular formula is C30H36N2O3. The first-order valence-electron chi connectivity index (χ1n) is 13.2. The predicted octanol–water partition coefficient (Wildman–Crippen LogP) is 6.04. The molecule has 0 spiro atoms. The molecule has 0 radical (unpaired) electrons. The summed E-state index contributed by atoms with van der Waals surface area (Å²) in [4.78, 5) is 17.2. The van der Waals surface area contributed by atoms with E-state index in [2.05, 4.69) is 46.8 Å². The number of ether oxygens (including phenoxy) is 2. The molecule has 0 saturated heterocycles. The van der Waals surface area contributed by atoms with Gasteiger partial charge in [0.25, 0.3) is 0 Å². The zero-order valence-electron chi connectivity index (χ0n) is 20.8. The second kappa shape index (κ2) is 8.92. The topological polar surface area (TPSA) is 63.3 Å². The Bertz CT molecular complexity index is 1190. The first-order chi connectivity index (χ1) is 17.1. The second-order valence-corrected chi connectivity index (χ2v) is 11.1. The molecule has 4 saturated carbocycles. The van der Waals surface area contributed by atoms with Gasteiger partial charge in [-0.15, -0.1) is 0 Å². The average Bonchev–Trinajstić information content (AvgIpc) is 3.28. The van der Waals surface area contributed by atoms with Crippen LogP contribution in [0.3, 0.4) is 0 Å². The fraction of sp³-hybridized carbons (Fsp3) is 0.500. The highest BCUT2D eigenvalue weighted by molar-refractivity contribution is 5.85. The van der Waals surface area contributed by atoms with Crippen molar-refractivity contribution in [1.29, 1.82) is 0 Å². The Balaban J connectivity index is 1.31. The van der Waals surface area contributed by atoms with E-state index in [4.69, 9.17) is 9.47 Å². The number of methoxy groups -OCH3 is 1. The number of nitrogens with one attached hydrogen (secondary N) is 2. The molecule has 1 aromatic heterocycles. The van der Waals surface area contributed by atoms with Crippen LogP contribution in [0, 0.1) is 23.2 Å². The summed E-state index contributed by atoms with van der Waals surface area (Å²) < 4.78 is 11.4. The first kappa shape index (κ1) is 22.5. The number of carbonyl (C=O) groups is 1. The predicted molar refractivity (Wildman–Crippen MR) is 138 cm³/mol. The van der Waals surface area contributed by atoms with E-state index in [1.54, 1.807) is 7.11 Å². The van der Waals surface area contributed by atoms with Gasteiger partial charge in [0.05, 0.1) is 13.7 Å². The van der Waals surface area contributed by atoms with Gasteiger partial charge in [0.1, 0.15) is 0 Å². The summed E-state index contributed by atoms with van der Waals surface area (Å²) in [6.07, 6.45) is 9.37. The summed E-state index contributed by atoms with van der Waals surface area (Å²) in [5.41, 5.74) is 3.27. The Labute approximate surface area is 207 Å². The zero-order chi connectivity index (χ0) is 24.0. The highest BCUT2D eigenvalue weighted by Crippen LogP contribution is 2.60. The van der Waals surface area contributed by atoms with Crippen LogP contribution in [0.15, 0.2) is 48.7 Å². The number of para-hydroxylation sites is 1. The number of fused-ring (bicyclic) bond motifs is 1. The number of aromatic amines is 1. The van der Waals surface area contributed by atoms with Crippen molar-refractivity contribution in [2.75, 3.05) is 20.3 Å². The number of amides is 1. The smallest absolute Gasteiger partial charge is 0.226 e. The number of rotatable bonds is 8. The van der Waals surface area contributed by atoms with E-state index in [-0.39, 0.29) is 17.2 Å². The fourth-order valence-electron chi connectivity index (χ4n) is 7.74. The second-order valence-electron chi connectivity index (χ2n) is 11.1. The maximum Gasteiger partial charge on any atom is 0.226 e. The summed E-state index contributed by atoms with van der Waals surface area (Å²) in [5.74, 6) is 4.02.